The van der Waals surface area contributed by atoms with Crippen molar-refractivity contribution in [3.05, 3.63) is 0 Å². The number of nitrogens with two attached hydrogens (primary N) is 1. The summed E-state index contributed by atoms with van der Waals surface area (Å²) in [5.74, 6) is 0. The monoisotopic (exact) mass is 163 g/mol. The van der Waals surface area contributed by atoms with Crippen molar-refractivity contribution in [3.63, 3.8) is 0 Å². The molecule has 1 heterocycles. The summed E-state index contributed by atoms with van der Waals surface area (Å²) < 4.78 is 4.80. The van der Waals surface area contributed by atoms with Gasteiger partial charge in [-0.25, -0.2) is 0 Å². The lowest BCUT2D eigenvalue weighted by Crippen LogP contribution is -2.60. The van der Waals surface area contributed by atoms with Gasteiger partial charge < -0.3 is 25.8 Å². The molecule has 66 valence electrons. The predicted octanol–water partition coefficient (Wildman–Crippen LogP) is -2.23. The van der Waals surface area contributed by atoms with Gasteiger partial charge in [0.15, 0.2) is 6.29 Å². The lowest BCUT2D eigenvalue weighted by atomic mass is 9.99. The predicted molar refractivity (Wildman–Crippen MR) is 36.5 cm³/mol. The van der Waals surface area contributed by atoms with Crippen LogP contribution >= 0.6 is 0 Å². The van der Waals surface area contributed by atoms with Crippen molar-refractivity contribution in [2.24, 2.45) is 5.73 Å². The van der Waals surface area contributed by atoms with Crippen LogP contribution in [0.15, 0.2) is 0 Å². The third-order valence-electron chi connectivity index (χ3n) is 1.91. The number of aliphatic hydroxyl groups is 3. The van der Waals surface area contributed by atoms with Crippen LogP contribution in [0.1, 0.15) is 6.92 Å². The fourth-order valence-corrected chi connectivity index (χ4v) is 1.07. The summed E-state index contributed by atoms with van der Waals surface area (Å²) >= 11 is 0. The molecule has 0 aliphatic carbocycles. The molecule has 0 saturated carbocycles. The molecule has 0 spiro atoms. The molecular weight excluding hydrogens is 150 g/mol. The van der Waals surface area contributed by atoms with E-state index in [0.29, 0.717) is 0 Å². The molecule has 5 unspecified atom stereocenters. The zero-order chi connectivity index (χ0) is 8.59. The van der Waals surface area contributed by atoms with E-state index in [1.807, 2.05) is 0 Å². The van der Waals surface area contributed by atoms with Crippen molar-refractivity contribution >= 4 is 0 Å². The highest BCUT2D eigenvalue weighted by atomic mass is 16.6. The van der Waals surface area contributed by atoms with Gasteiger partial charge >= 0.3 is 0 Å². The van der Waals surface area contributed by atoms with Crippen molar-refractivity contribution in [1.29, 1.82) is 0 Å². The molecule has 0 bridgehead atoms. The fraction of sp³-hybridized carbons (Fsp3) is 1.00. The van der Waals surface area contributed by atoms with E-state index >= 15 is 0 Å². The second-order valence-electron chi connectivity index (χ2n) is 2.79. The van der Waals surface area contributed by atoms with Gasteiger partial charge in [0, 0.05) is 0 Å². The first-order valence-electron chi connectivity index (χ1n) is 3.49. The number of hydrogen-bond donors (Lipinski definition) is 4. The van der Waals surface area contributed by atoms with Crippen LogP contribution in [-0.2, 0) is 4.74 Å². The van der Waals surface area contributed by atoms with Crippen molar-refractivity contribution in [2.45, 2.75) is 37.6 Å². The third kappa shape index (κ3) is 1.52. The molecule has 5 atom stereocenters. The smallest absolute Gasteiger partial charge is 0.172 e. The molecule has 1 aliphatic heterocycles. The van der Waals surface area contributed by atoms with Gasteiger partial charge in [-0.1, -0.05) is 0 Å². The maximum absolute atomic E-state index is 9.17. The molecule has 5 N–H and O–H groups in total. The molecule has 0 radical (unpaired) electrons. The van der Waals surface area contributed by atoms with Gasteiger partial charge in [-0.3, -0.25) is 0 Å². The molecule has 0 aromatic heterocycles. The lowest BCUT2D eigenvalue weighted by Gasteiger charge is -2.37. The highest BCUT2D eigenvalue weighted by molar-refractivity contribution is 4.88. The van der Waals surface area contributed by atoms with Crippen LogP contribution in [0.4, 0.5) is 0 Å². The van der Waals surface area contributed by atoms with E-state index in [1.165, 1.54) is 0 Å². The van der Waals surface area contributed by atoms with Crippen LogP contribution in [0, 0.1) is 0 Å². The zero-order valence-corrected chi connectivity index (χ0v) is 6.21. The Morgan fingerprint density at radius 2 is 1.73 bits per heavy atom. The van der Waals surface area contributed by atoms with Crippen LogP contribution in [0.2, 0.25) is 0 Å². The Hall–Kier alpha value is -0.200. The SMILES string of the molecule is CC1OC(O)C(N)C(O)C1O. The van der Waals surface area contributed by atoms with Crippen molar-refractivity contribution < 1.29 is 20.1 Å². The van der Waals surface area contributed by atoms with Gasteiger partial charge in [0.25, 0.3) is 0 Å². The summed E-state index contributed by atoms with van der Waals surface area (Å²) in [7, 11) is 0. The largest absolute Gasteiger partial charge is 0.388 e. The van der Waals surface area contributed by atoms with Gasteiger partial charge in [0.1, 0.15) is 12.2 Å². The fourth-order valence-electron chi connectivity index (χ4n) is 1.07. The zero-order valence-electron chi connectivity index (χ0n) is 6.21. The Bertz CT molecular complexity index is 129. The Labute approximate surface area is 64.4 Å². The Kier molecular flexibility index (Phi) is 2.46. The lowest BCUT2D eigenvalue weighted by molar-refractivity contribution is -0.236. The van der Waals surface area contributed by atoms with Crippen molar-refractivity contribution in [2.75, 3.05) is 0 Å². The first-order valence-corrected chi connectivity index (χ1v) is 3.49. The van der Waals surface area contributed by atoms with Gasteiger partial charge in [-0.15, -0.1) is 0 Å². The molecule has 1 aliphatic rings. The van der Waals surface area contributed by atoms with Crippen LogP contribution in [0.5, 0.6) is 0 Å². The number of ether oxygens (including phenoxy) is 1. The molecule has 1 saturated heterocycles. The molecule has 5 heteroatoms. The summed E-state index contributed by atoms with van der Waals surface area (Å²) in [5.41, 5.74) is 5.29. The molecule has 1 rings (SSSR count). The number of hydrogen-bond acceptors (Lipinski definition) is 5. The van der Waals surface area contributed by atoms with Crippen molar-refractivity contribution in [3.8, 4) is 0 Å². The van der Waals surface area contributed by atoms with Crippen LogP contribution in [0.25, 0.3) is 0 Å². The molecule has 5 nitrogen and oxygen atoms in total. The summed E-state index contributed by atoms with van der Waals surface area (Å²) in [6, 6.07) is -0.929. The minimum absolute atomic E-state index is 0.584. The normalized spacial score (nSPS) is 52.6. The van der Waals surface area contributed by atoms with Gasteiger partial charge in [-0.2, -0.15) is 0 Å². The Morgan fingerprint density at radius 3 is 2.27 bits per heavy atom. The Morgan fingerprint density at radius 1 is 1.18 bits per heavy atom. The second-order valence-corrected chi connectivity index (χ2v) is 2.79. The maximum atomic E-state index is 9.17. The number of aliphatic hydroxyl groups excluding tert-OH is 3. The molecule has 1 fully saturated rings. The molecule has 0 aromatic carbocycles. The van der Waals surface area contributed by atoms with E-state index < -0.39 is 30.6 Å². The highest BCUT2D eigenvalue weighted by Gasteiger charge is 2.39. The van der Waals surface area contributed by atoms with Crippen LogP contribution < -0.4 is 5.73 Å². The summed E-state index contributed by atoms with van der Waals surface area (Å²) in [6.45, 7) is 1.56. The van der Waals surface area contributed by atoms with Gasteiger partial charge in [-0.05, 0) is 6.92 Å². The van der Waals surface area contributed by atoms with Crippen LogP contribution in [-0.4, -0.2) is 46.0 Å². The summed E-state index contributed by atoms with van der Waals surface area (Å²) in [4.78, 5) is 0. The molecule has 0 aromatic rings. The first kappa shape index (κ1) is 8.89. The van der Waals surface area contributed by atoms with Gasteiger partial charge in [0.05, 0.1) is 12.1 Å². The van der Waals surface area contributed by atoms with E-state index in [4.69, 9.17) is 20.7 Å². The van der Waals surface area contributed by atoms with E-state index in [9.17, 15) is 5.11 Å². The topological polar surface area (TPSA) is 95.9 Å². The second kappa shape index (κ2) is 3.04. The minimum Gasteiger partial charge on any atom is -0.388 e. The maximum Gasteiger partial charge on any atom is 0.172 e. The van der Waals surface area contributed by atoms with Crippen LogP contribution in [0.3, 0.4) is 0 Å². The summed E-state index contributed by atoms with van der Waals surface area (Å²) in [5, 5.41) is 27.4. The van der Waals surface area contributed by atoms with E-state index in [2.05, 4.69) is 0 Å². The highest BCUT2D eigenvalue weighted by Crippen LogP contribution is 2.17. The molecule has 11 heavy (non-hydrogen) atoms. The third-order valence-corrected chi connectivity index (χ3v) is 1.91. The van der Waals surface area contributed by atoms with E-state index in [0.717, 1.165) is 0 Å². The van der Waals surface area contributed by atoms with E-state index in [1.54, 1.807) is 6.92 Å². The molecular formula is C6H13NO4. The summed E-state index contributed by atoms with van der Waals surface area (Å²) in [6.07, 6.45) is -3.91. The average Bonchev–Trinajstić information content (AvgIpc) is 1.97. The quantitative estimate of drug-likeness (QED) is 0.324. The minimum atomic E-state index is -1.19. The first-order chi connectivity index (χ1) is 5.04. The number of rotatable bonds is 0. The molecule has 0 amide bonds. The Balaban J connectivity index is 2.63. The standard InChI is InChI=1S/C6H13NO4/c1-2-4(8)5(9)3(7)6(10)11-2/h2-6,8-10H,7H2,1H3. The van der Waals surface area contributed by atoms with E-state index in [-0.39, 0.29) is 0 Å². The van der Waals surface area contributed by atoms with Gasteiger partial charge in [0.2, 0.25) is 0 Å². The van der Waals surface area contributed by atoms with Crippen molar-refractivity contribution in [1.82, 2.24) is 0 Å². The average molecular weight is 163 g/mol.